The normalized spacial score (nSPS) is 18.6. The van der Waals surface area contributed by atoms with Crippen molar-refractivity contribution in [2.45, 2.75) is 38.2 Å². The van der Waals surface area contributed by atoms with Crippen LogP contribution in [0.1, 0.15) is 48.5 Å². The molecule has 0 amide bonds. The molecule has 0 aromatic heterocycles. The van der Waals surface area contributed by atoms with Crippen LogP contribution < -0.4 is 0 Å². The lowest BCUT2D eigenvalue weighted by atomic mass is 9.86. The van der Waals surface area contributed by atoms with Crippen LogP contribution in [0.4, 0.5) is 0 Å². The molecular weight excluding hydrogens is 336 g/mol. The van der Waals surface area contributed by atoms with Crippen molar-refractivity contribution >= 4 is 5.97 Å². The number of hydrogen-bond donors (Lipinski definition) is 1. The fourth-order valence-electron chi connectivity index (χ4n) is 3.36. The van der Waals surface area contributed by atoms with Crippen LogP contribution in [0.5, 0.6) is 0 Å². The van der Waals surface area contributed by atoms with E-state index < -0.39 is 11.6 Å². The first-order valence-corrected chi connectivity index (χ1v) is 9.57. The van der Waals surface area contributed by atoms with Gasteiger partial charge in [-0.05, 0) is 41.3 Å². The Morgan fingerprint density at radius 2 is 1.67 bits per heavy atom. The Balaban J connectivity index is 1.79. The summed E-state index contributed by atoms with van der Waals surface area (Å²) in [6, 6.07) is 15.4. The molecule has 0 saturated carbocycles. The van der Waals surface area contributed by atoms with Gasteiger partial charge in [-0.1, -0.05) is 74.4 Å². The van der Waals surface area contributed by atoms with E-state index >= 15 is 0 Å². The fourth-order valence-corrected chi connectivity index (χ4v) is 3.36. The van der Waals surface area contributed by atoms with Crippen molar-refractivity contribution < 1.29 is 14.6 Å². The molecule has 1 aliphatic carbocycles. The Bertz CT molecular complexity index is 816. The van der Waals surface area contributed by atoms with Gasteiger partial charge in [0.15, 0.2) is 0 Å². The van der Waals surface area contributed by atoms with Crippen LogP contribution in [0.2, 0.25) is 0 Å². The molecule has 1 unspecified atom stereocenters. The van der Waals surface area contributed by atoms with E-state index in [4.69, 9.17) is 9.84 Å². The zero-order chi connectivity index (χ0) is 19.1. The van der Waals surface area contributed by atoms with E-state index in [-0.39, 0.29) is 0 Å². The van der Waals surface area contributed by atoms with Gasteiger partial charge in [-0.3, -0.25) is 0 Å². The minimum atomic E-state index is -0.906. The predicted octanol–water partition coefficient (Wildman–Crippen LogP) is 5.97. The molecule has 0 heterocycles. The SMILES string of the molecule is CCCCCOC1(c2ccc(-c3ccc(C(=O)O)cc3)cc2)C=CC=CC1. The molecule has 0 spiro atoms. The van der Waals surface area contributed by atoms with E-state index in [1.165, 1.54) is 12.8 Å². The standard InChI is InChI=1S/C24H26O3/c1-2-3-7-18-27-24(16-5-4-6-17-24)22-14-12-20(13-15-22)19-8-10-21(11-9-19)23(25)26/h4-6,8-16H,2-3,7,17-18H2,1H3,(H,25,26). The van der Waals surface area contributed by atoms with E-state index in [0.29, 0.717) is 5.56 Å². The summed E-state index contributed by atoms with van der Waals surface area (Å²) in [7, 11) is 0. The van der Waals surface area contributed by atoms with E-state index in [0.717, 1.165) is 36.1 Å². The fraction of sp³-hybridized carbons (Fsp3) is 0.292. The van der Waals surface area contributed by atoms with Crippen molar-refractivity contribution in [3.63, 3.8) is 0 Å². The second-order valence-electron chi connectivity index (χ2n) is 6.90. The van der Waals surface area contributed by atoms with Gasteiger partial charge in [0.05, 0.1) is 5.56 Å². The molecule has 3 rings (SSSR count). The van der Waals surface area contributed by atoms with Gasteiger partial charge in [0.2, 0.25) is 0 Å². The number of aromatic carboxylic acids is 1. The highest BCUT2D eigenvalue weighted by Crippen LogP contribution is 2.35. The third-order valence-electron chi connectivity index (χ3n) is 4.98. The number of benzene rings is 2. The second-order valence-corrected chi connectivity index (χ2v) is 6.90. The van der Waals surface area contributed by atoms with Gasteiger partial charge in [-0.25, -0.2) is 4.79 Å². The van der Waals surface area contributed by atoms with Gasteiger partial charge < -0.3 is 9.84 Å². The van der Waals surface area contributed by atoms with Crippen LogP contribution in [-0.4, -0.2) is 17.7 Å². The Morgan fingerprint density at radius 3 is 2.22 bits per heavy atom. The quantitative estimate of drug-likeness (QED) is 0.588. The van der Waals surface area contributed by atoms with E-state index in [2.05, 4.69) is 55.5 Å². The first-order chi connectivity index (χ1) is 13.1. The molecule has 0 fully saturated rings. The minimum Gasteiger partial charge on any atom is -0.478 e. The van der Waals surface area contributed by atoms with Gasteiger partial charge in [0.25, 0.3) is 0 Å². The molecule has 1 atom stereocenters. The average Bonchev–Trinajstić information content (AvgIpc) is 2.72. The molecule has 0 saturated heterocycles. The second kappa shape index (κ2) is 8.83. The van der Waals surface area contributed by atoms with Crippen molar-refractivity contribution in [2.24, 2.45) is 0 Å². The Labute approximate surface area is 161 Å². The van der Waals surface area contributed by atoms with Crippen LogP contribution in [-0.2, 0) is 10.3 Å². The van der Waals surface area contributed by atoms with Crippen LogP contribution in [0.25, 0.3) is 11.1 Å². The van der Waals surface area contributed by atoms with Gasteiger partial charge in [-0.2, -0.15) is 0 Å². The molecule has 1 N–H and O–H groups in total. The third kappa shape index (κ3) is 4.55. The molecule has 0 aliphatic heterocycles. The molecule has 1 aliphatic rings. The van der Waals surface area contributed by atoms with Crippen LogP contribution in [0.3, 0.4) is 0 Å². The summed E-state index contributed by atoms with van der Waals surface area (Å²) in [6.45, 7) is 2.95. The molecule has 140 valence electrons. The number of rotatable bonds is 8. The maximum atomic E-state index is 11.0. The highest BCUT2D eigenvalue weighted by molar-refractivity contribution is 5.88. The first kappa shape index (κ1) is 19.1. The van der Waals surface area contributed by atoms with Crippen molar-refractivity contribution in [3.05, 3.63) is 84.0 Å². The monoisotopic (exact) mass is 362 g/mol. The average molecular weight is 362 g/mol. The molecule has 2 aromatic carbocycles. The highest BCUT2D eigenvalue weighted by Gasteiger charge is 2.30. The van der Waals surface area contributed by atoms with Crippen LogP contribution in [0, 0.1) is 0 Å². The number of carboxylic acid groups (broad SMARTS) is 1. The summed E-state index contributed by atoms with van der Waals surface area (Å²) in [5, 5.41) is 9.03. The molecule has 0 bridgehead atoms. The smallest absolute Gasteiger partial charge is 0.335 e. The van der Waals surface area contributed by atoms with Crippen molar-refractivity contribution in [2.75, 3.05) is 6.61 Å². The van der Waals surface area contributed by atoms with Crippen molar-refractivity contribution in [3.8, 4) is 11.1 Å². The summed E-state index contributed by atoms with van der Waals surface area (Å²) < 4.78 is 6.34. The lowest BCUT2D eigenvalue weighted by Crippen LogP contribution is -2.28. The number of unbranched alkanes of at least 4 members (excludes halogenated alkanes) is 2. The molecule has 2 aromatic rings. The van der Waals surface area contributed by atoms with E-state index in [9.17, 15) is 4.79 Å². The summed E-state index contributed by atoms with van der Waals surface area (Å²) in [5.41, 5.74) is 3.11. The summed E-state index contributed by atoms with van der Waals surface area (Å²) >= 11 is 0. The van der Waals surface area contributed by atoms with Gasteiger partial charge in [0.1, 0.15) is 5.60 Å². The van der Waals surface area contributed by atoms with E-state index in [1.54, 1.807) is 12.1 Å². The Hall–Kier alpha value is -2.65. The van der Waals surface area contributed by atoms with Crippen LogP contribution >= 0.6 is 0 Å². The zero-order valence-corrected chi connectivity index (χ0v) is 15.7. The van der Waals surface area contributed by atoms with Crippen molar-refractivity contribution in [1.82, 2.24) is 0 Å². The maximum Gasteiger partial charge on any atom is 0.335 e. The lowest BCUT2D eigenvalue weighted by molar-refractivity contribution is -0.0130. The van der Waals surface area contributed by atoms with Gasteiger partial charge >= 0.3 is 5.97 Å². The first-order valence-electron chi connectivity index (χ1n) is 9.57. The maximum absolute atomic E-state index is 11.0. The minimum absolute atomic E-state index is 0.300. The lowest BCUT2D eigenvalue weighted by Gasteiger charge is -2.32. The molecule has 3 heteroatoms. The summed E-state index contributed by atoms with van der Waals surface area (Å²) in [6.07, 6.45) is 12.7. The highest BCUT2D eigenvalue weighted by atomic mass is 16.5. The largest absolute Gasteiger partial charge is 0.478 e. The number of hydrogen-bond acceptors (Lipinski definition) is 2. The van der Waals surface area contributed by atoms with Crippen molar-refractivity contribution in [1.29, 1.82) is 0 Å². The van der Waals surface area contributed by atoms with Gasteiger partial charge in [-0.15, -0.1) is 0 Å². The predicted molar refractivity (Wildman–Crippen MR) is 109 cm³/mol. The number of carbonyl (C=O) groups is 1. The zero-order valence-electron chi connectivity index (χ0n) is 15.7. The number of carboxylic acids is 1. The van der Waals surface area contributed by atoms with E-state index in [1.807, 2.05) is 12.1 Å². The molecule has 27 heavy (non-hydrogen) atoms. The number of allylic oxidation sites excluding steroid dienone is 2. The molecule has 3 nitrogen and oxygen atoms in total. The topological polar surface area (TPSA) is 46.5 Å². The molecule has 0 radical (unpaired) electrons. The third-order valence-corrected chi connectivity index (χ3v) is 4.98. The molecular formula is C24H26O3. The number of ether oxygens (including phenoxy) is 1. The Kier molecular flexibility index (Phi) is 6.25. The van der Waals surface area contributed by atoms with Crippen LogP contribution in [0.15, 0.2) is 72.8 Å². The summed E-state index contributed by atoms with van der Waals surface area (Å²) in [4.78, 5) is 11.0. The summed E-state index contributed by atoms with van der Waals surface area (Å²) in [5.74, 6) is -0.906. The van der Waals surface area contributed by atoms with Gasteiger partial charge in [0, 0.05) is 13.0 Å². The Morgan fingerprint density at radius 1 is 1.00 bits per heavy atom.